The molecule has 0 saturated heterocycles. The Kier molecular flexibility index (Phi) is 29.4. The lowest BCUT2D eigenvalue weighted by molar-refractivity contribution is -0.239. The average molecular weight is 935 g/mol. The molecule has 18 nitrogen and oxygen atoms in total. The molecule has 3 rings (SSSR count). The summed E-state index contributed by atoms with van der Waals surface area (Å²) in [7, 11) is -1.50. The van der Waals surface area contributed by atoms with Gasteiger partial charge in [-0.1, -0.05) is 17.8 Å². The van der Waals surface area contributed by atoms with Crippen LogP contribution in [0.4, 0.5) is 0 Å². The third-order valence-corrected chi connectivity index (χ3v) is 13.0. The second-order valence-corrected chi connectivity index (χ2v) is 18.1. The summed E-state index contributed by atoms with van der Waals surface area (Å²) in [5.74, 6) is 6.48. The lowest BCUT2D eigenvalue weighted by Gasteiger charge is -2.69. The Morgan fingerprint density at radius 3 is 1.62 bits per heavy atom. The minimum Gasteiger partial charge on any atom is -0.379 e. The van der Waals surface area contributed by atoms with E-state index in [1.165, 1.54) is 0 Å². The molecule has 2 atom stereocenters. The molecule has 3 amide bonds. The lowest BCUT2D eigenvalue weighted by Crippen LogP contribution is -2.74. The van der Waals surface area contributed by atoms with Crippen molar-refractivity contribution in [2.24, 2.45) is 5.41 Å². The second kappa shape index (κ2) is 33.1. The molecule has 5 N–H and O–H groups in total. The molecule has 0 aromatic rings. The fraction of sp³-hybridized carbons (Fsp3) is 0.783. The number of hydrogen-bond acceptors (Lipinski definition) is 15. The summed E-state index contributed by atoms with van der Waals surface area (Å²) in [6.45, 7) is 12.8. The highest BCUT2D eigenvalue weighted by atomic mass is 31.2. The smallest absolute Gasteiger partial charge is 0.259 e. The number of ether oxygens (including phenoxy) is 6. The Balaban J connectivity index is 2.22. The molecule has 0 aromatic heterocycles. The molecule has 3 saturated carbocycles. The van der Waals surface area contributed by atoms with Crippen LogP contribution in [0.1, 0.15) is 91.9 Å². The highest BCUT2D eigenvalue weighted by Gasteiger charge is 2.74. The number of aliphatic hydroxyl groups is 1. The average Bonchev–Trinajstić information content (AvgIpc) is 3.24. The van der Waals surface area contributed by atoms with Crippen molar-refractivity contribution in [3.63, 3.8) is 0 Å². The van der Waals surface area contributed by atoms with Gasteiger partial charge in [-0.2, -0.15) is 5.26 Å². The Morgan fingerprint density at radius 1 is 0.708 bits per heavy atom. The highest BCUT2D eigenvalue weighted by Crippen LogP contribution is 2.73. The largest absolute Gasteiger partial charge is 0.379 e. The topological polar surface area (TPSA) is 220 Å². The third kappa shape index (κ3) is 22.7. The fourth-order valence-electron chi connectivity index (χ4n) is 7.69. The maximum atomic E-state index is 14.5. The molecule has 19 heteroatoms. The maximum Gasteiger partial charge on any atom is 0.259 e. The van der Waals surface area contributed by atoms with Crippen LogP contribution in [-0.4, -0.2) is 162 Å². The van der Waals surface area contributed by atoms with Crippen LogP contribution in [0.25, 0.3) is 0 Å². The number of nitrogens with zero attached hydrogens (tertiary/aromatic N) is 2. The molecule has 0 aromatic carbocycles. The molecule has 0 radical (unpaired) electrons. The molecule has 3 fully saturated rings. The molecule has 2 unspecified atom stereocenters. The molecule has 3 aliphatic rings. The number of carbonyl (C=O) groups excluding carboxylic acids is 3. The van der Waals surface area contributed by atoms with Crippen LogP contribution >= 0.6 is 8.53 Å². The Morgan fingerprint density at radius 2 is 1.17 bits per heavy atom. The number of carbonyl (C=O) groups is 3. The zero-order valence-electron chi connectivity index (χ0n) is 39.1. The van der Waals surface area contributed by atoms with Gasteiger partial charge in [0.2, 0.25) is 17.7 Å². The van der Waals surface area contributed by atoms with Crippen molar-refractivity contribution in [1.82, 2.24) is 25.9 Å². The van der Waals surface area contributed by atoms with E-state index in [4.69, 9.17) is 62.0 Å². The van der Waals surface area contributed by atoms with Crippen LogP contribution in [0.3, 0.4) is 0 Å². The summed E-state index contributed by atoms with van der Waals surface area (Å²) in [6.07, 6.45) is 17.2. The minimum atomic E-state index is -1.50. The van der Waals surface area contributed by atoms with E-state index in [0.29, 0.717) is 72.1 Å². The Hall–Kier alpha value is -3.43. The summed E-state index contributed by atoms with van der Waals surface area (Å²) in [5.41, 5.74) is -2.30. The Bertz CT molecular complexity index is 1490. The fourth-order valence-corrected chi connectivity index (χ4v) is 9.50. The number of aliphatic hydroxyl groups excluding tert-OH is 1. The van der Waals surface area contributed by atoms with Crippen molar-refractivity contribution in [2.75, 3.05) is 106 Å². The number of hydrogen-bond donors (Lipinski definition) is 5. The van der Waals surface area contributed by atoms with Gasteiger partial charge in [0.15, 0.2) is 0 Å². The van der Waals surface area contributed by atoms with Crippen LogP contribution in [0.15, 0.2) is 0 Å². The second-order valence-electron chi connectivity index (χ2n) is 16.7. The monoisotopic (exact) mass is 935 g/mol. The van der Waals surface area contributed by atoms with Gasteiger partial charge in [-0.3, -0.25) is 19.7 Å². The van der Waals surface area contributed by atoms with Crippen LogP contribution in [0.2, 0.25) is 0 Å². The van der Waals surface area contributed by atoms with E-state index in [-0.39, 0.29) is 127 Å². The van der Waals surface area contributed by atoms with Gasteiger partial charge in [-0.25, -0.2) is 4.67 Å². The van der Waals surface area contributed by atoms with E-state index >= 15 is 0 Å². The molecular formula is C46H75N6O12P. The van der Waals surface area contributed by atoms with E-state index in [0.717, 1.165) is 0 Å². The van der Waals surface area contributed by atoms with Crippen molar-refractivity contribution < 1.29 is 57.0 Å². The van der Waals surface area contributed by atoms with Gasteiger partial charge in [0.05, 0.1) is 89.6 Å². The van der Waals surface area contributed by atoms with Gasteiger partial charge in [-0.15, -0.1) is 19.3 Å². The number of terminal acetylenes is 3. The standard InChI is InChI=1S/C46H75N6O12P/c1-8-22-57-29-32-60-26-19-48-40(53)12-15-45(16-13-41(54)49-20-27-61-33-30-58-23-9-2,17-14-42(55)50-21-28-62-34-31-59-24-10-3)51-43(56)44-35-46(36-44,37-44)64-65(63-25-11-18-47)52(38(4)5)39(6)7/h1-3,38-40,48,53H,11-17,19-37H2,4-7H3,(H,49,54)(H,50,55)(H,51,56)/t40?,44-,46-,65?. The molecule has 65 heavy (non-hydrogen) atoms. The molecule has 0 aliphatic heterocycles. The van der Waals surface area contributed by atoms with Crippen molar-refractivity contribution >= 4 is 26.2 Å². The van der Waals surface area contributed by atoms with Crippen LogP contribution < -0.4 is 21.3 Å². The first-order valence-corrected chi connectivity index (χ1v) is 23.7. The summed E-state index contributed by atoms with van der Waals surface area (Å²) in [5, 5.41) is 32.4. The summed E-state index contributed by atoms with van der Waals surface area (Å²) in [4.78, 5) is 41.1. The van der Waals surface area contributed by atoms with E-state index in [1.54, 1.807) is 0 Å². The van der Waals surface area contributed by atoms with E-state index in [2.05, 4.69) is 77.5 Å². The lowest BCUT2D eigenvalue weighted by atomic mass is 9.41. The van der Waals surface area contributed by atoms with Crippen LogP contribution in [0.5, 0.6) is 0 Å². The number of rotatable bonds is 41. The van der Waals surface area contributed by atoms with E-state index < -0.39 is 31.3 Å². The number of nitrogens with one attached hydrogen (secondary N) is 4. The first-order valence-electron chi connectivity index (χ1n) is 22.6. The summed E-state index contributed by atoms with van der Waals surface area (Å²) in [6, 6.07) is 2.37. The van der Waals surface area contributed by atoms with Crippen molar-refractivity contribution in [3.8, 4) is 43.1 Å². The van der Waals surface area contributed by atoms with Crippen molar-refractivity contribution in [3.05, 3.63) is 0 Å². The van der Waals surface area contributed by atoms with Gasteiger partial charge in [-0.05, 0) is 72.6 Å². The van der Waals surface area contributed by atoms with Gasteiger partial charge in [0, 0.05) is 50.1 Å². The zero-order valence-corrected chi connectivity index (χ0v) is 40.0. The van der Waals surface area contributed by atoms with Crippen LogP contribution in [-0.2, 0) is 51.9 Å². The van der Waals surface area contributed by atoms with Gasteiger partial charge >= 0.3 is 0 Å². The normalized spacial score (nSPS) is 18.4. The molecule has 0 heterocycles. The molecule has 366 valence electrons. The number of amides is 3. The quantitative estimate of drug-likeness (QED) is 0.0258. The molecule has 3 aliphatic carbocycles. The molecule has 0 spiro atoms. The maximum absolute atomic E-state index is 14.5. The molecular weight excluding hydrogens is 860 g/mol. The molecule has 2 bridgehead atoms. The Labute approximate surface area is 388 Å². The van der Waals surface area contributed by atoms with Gasteiger partial charge < -0.3 is 58.5 Å². The first-order chi connectivity index (χ1) is 31.3. The summed E-state index contributed by atoms with van der Waals surface area (Å²) >= 11 is 0. The predicted octanol–water partition coefficient (Wildman–Crippen LogP) is 2.54. The number of nitriles is 1. The summed E-state index contributed by atoms with van der Waals surface area (Å²) < 4.78 is 47.3. The van der Waals surface area contributed by atoms with E-state index in [9.17, 15) is 19.5 Å². The van der Waals surface area contributed by atoms with Gasteiger partial charge in [0.1, 0.15) is 26.0 Å². The van der Waals surface area contributed by atoms with Crippen LogP contribution in [0, 0.1) is 53.8 Å². The van der Waals surface area contributed by atoms with Gasteiger partial charge in [0.25, 0.3) is 8.53 Å². The third-order valence-electron chi connectivity index (χ3n) is 10.8. The predicted molar refractivity (Wildman–Crippen MR) is 245 cm³/mol. The highest BCUT2D eigenvalue weighted by molar-refractivity contribution is 7.44. The first kappa shape index (κ1) is 57.7. The van der Waals surface area contributed by atoms with Crippen molar-refractivity contribution in [2.45, 2.75) is 121 Å². The van der Waals surface area contributed by atoms with E-state index in [1.807, 2.05) is 0 Å². The van der Waals surface area contributed by atoms with Crippen molar-refractivity contribution in [1.29, 1.82) is 5.26 Å². The SMILES string of the molecule is C#CCOCCOCCNC(=O)CCC(CCC(=O)NCCOCCOCC#C)(CCC(O)NCCOCCOCC#C)NC(=O)[C@]12C[C@@](OP(OCCC#N)N(C(C)C)C(C)C)(C1)C2. The zero-order chi connectivity index (χ0) is 47.8. The minimum absolute atomic E-state index is 0.0342.